The van der Waals surface area contributed by atoms with Crippen molar-refractivity contribution in [2.45, 2.75) is 43.4 Å². The zero-order chi connectivity index (χ0) is 16.4. The van der Waals surface area contributed by atoms with E-state index in [9.17, 15) is 4.79 Å². The third-order valence-corrected chi connectivity index (χ3v) is 4.88. The zero-order valence-electron chi connectivity index (χ0n) is 12.7. The minimum Gasteiger partial charge on any atom is -0.486 e. The van der Waals surface area contributed by atoms with Crippen molar-refractivity contribution in [1.29, 1.82) is 0 Å². The highest BCUT2D eigenvalue weighted by molar-refractivity contribution is 8.00. The number of nitrogens with one attached hydrogen (secondary N) is 1. The van der Waals surface area contributed by atoms with Crippen LogP contribution in [0, 0.1) is 6.92 Å². The number of aromatic amines is 1. The lowest BCUT2D eigenvalue weighted by molar-refractivity contribution is -0.140. The molecular formula is C15H16ClN3O3S. The lowest BCUT2D eigenvalue weighted by Gasteiger charge is -2.05. The van der Waals surface area contributed by atoms with Gasteiger partial charge >= 0.3 is 5.97 Å². The van der Waals surface area contributed by atoms with Gasteiger partial charge in [-0.05, 0) is 37.6 Å². The predicted octanol–water partition coefficient (Wildman–Crippen LogP) is 3.14. The second-order valence-corrected chi connectivity index (χ2v) is 6.93. The summed E-state index contributed by atoms with van der Waals surface area (Å²) in [6.07, 6.45) is 0.628. The molecule has 2 aromatic rings. The molecule has 1 fully saturated rings. The van der Waals surface area contributed by atoms with E-state index in [0.29, 0.717) is 28.2 Å². The van der Waals surface area contributed by atoms with Crippen LogP contribution >= 0.6 is 23.4 Å². The fourth-order valence-electron chi connectivity index (χ4n) is 2.20. The smallest absolute Gasteiger partial charge is 0.319 e. The normalized spacial score (nSPS) is 20.6. The van der Waals surface area contributed by atoms with Crippen LogP contribution in [0.1, 0.15) is 24.7 Å². The summed E-state index contributed by atoms with van der Waals surface area (Å²) in [5, 5.41) is 7.90. The van der Waals surface area contributed by atoms with E-state index in [1.807, 2.05) is 19.9 Å². The SMILES string of the molecule is Cc1cc(OCc2nc(S[C@H]3C[C@H](C)OC3=O)n[nH]2)ccc1Cl. The molecule has 0 spiro atoms. The molecule has 2 heterocycles. The molecule has 1 aromatic heterocycles. The van der Waals surface area contributed by atoms with Crippen molar-refractivity contribution < 1.29 is 14.3 Å². The first-order valence-electron chi connectivity index (χ1n) is 7.18. The molecule has 122 valence electrons. The monoisotopic (exact) mass is 353 g/mol. The summed E-state index contributed by atoms with van der Waals surface area (Å²) in [4.78, 5) is 15.9. The Morgan fingerprint density at radius 3 is 3.04 bits per heavy atom. The number of hydrogen-bond acceptors (Lipinski definition) is 6. The van der Waals surface area contributed by atoms with Gasteiger partial charge in [-0.1, -0.05) is 23.4 Å². The Hall–Kier alpha value is -1.73. The molecule has 2 atom stereocenters. The van der Waals surface area contributed by atoms with Gasteiger partial charge in [0.2, 0.25) is 5.16 Å². The van der Waals surface area contributed by atoms with Gasteiger partial charge < -0.3 is 9.47 Å². The number of nitrogens with zero attached hydrogens (tertiary/aromatic N) is 2. The summed E-state index contributed by atoms with van der Waals surface area (Å²) in [5.41, 5.74) is 0.951. The van der Waals surface area contributed by atoms with Crippen LogP contribution in [0.15, 0.2) is 23.4 Å². The first-order chi connectivity index (χ1) is 11.0. The Morgan fingerprint density at radius 2 is 2.35 bits per heavy atom. The van der Waals surface area contributed by atoms with Crippen LogP contribution in [0.4, 0.5) is 0 Å². The van der Waals surface area contributed by atoms with Gasteiger partial charge in [-0.2, -0.15) is 0 Å². The lowest BCUT2D eigenvalue weighted by Crippen LogP contribution is -2.09. The highest BCUT2D eigenvalue weighted by Gasteiger charge is 2.33. The zero-order valence-corrected chi connectivity index (χ0v) is 14.3. The summed E-state index contributed by atoms with van der Waals surface area (Å²) < 4.78 is 10.8. The van der Waals surface area contributed by atoms with Crippen molar-refractivity contribution in [2.75, 3.05) is 0 Å². The number of hydrogen-bond donors (Lipinski definition) is 1. The van der Waals surface area contributed by atoms with Crippen molar-refractivity contribution in [3.63, 3.8) is 0 Å². The van der Waals surface area contributed by atoms with Crippen molar-refractivity contribution >= 4 is 29.3 Å². The van der Waals surface area contributed by atoms with Gasteiger partial charge in [0.1, 0.15) is 23.7 Å². The Balaban J connectivity index is 1.57. The van der Waals surface area contributed by atoms with Crippen LogP contribution in [-0.2, 0) is 16.1 Å². The van der Waals surface area contributed by atoms with E-state index in [-0.39, 0.29) is 23.9 Å². The number of H-pyrrole nitrogens is 1. The second-order valence-electron chi connectivity index (χ2n) is 5.35. The number of halogens is 1. The summed E-state index contributed by atoms with van der Waals surface area (Å²) in [6, 6.07) is 5.46. The first kappa shape index (κ1) is 16.1. The number of esters is 1. The highest BCUT2D eigenvalue weighted by Crippen LogP contribution is 2.30. The van der Waals surface area contributed by atoms with E-state index in [1.54, 1.807) is 12.1 Å². The van der Waals surface area contributed by atoms with Crippen LogP contribution < -0.4 is 4.74 Å². The van der Waals surface area contributed by atoms with Gasteiger partial charge in [-0.15, -0.1) is 5.10 Å². The Bertz CT molecular complexity index is 722. The van der Waals surface area contributed by atoms with Gasteiger partial charge in [0.15, 0.2) is 5.82 Å². The van der Waals surface area contributed by atoms with E-state index in [1.165, 1.54) is 11.8 Å². The van der Waals surface area contributed by atoms with Crippen LogP contribution in [0.25, 0.3) is 0 Å². The molecule has 1 saturated heterocycles. The van der Waals surface area contributed by atoms with Crippen molar-refractivity contribution in [3.05, 3.63) is 34.6 Å². The fraction of sp³-hybridized carbons (Fsp3) is 0.400. The number of carbonyl (C=O) groups is 1. The maximum atomic E-state index is 11.6. The Kier molecular flexibility index (Phi) is 4.77. The van der Waals surface area contributed by atoms with Gasteiger partial charge in [-0.25, -0.2) is 4.98 Å². The number of aromatic nitrogens is 3. The number of carbonyl (C=O) groups excluding carboxylic acids is 1. The molecule has 0 bridgehead atoms. The lowest BCUT2D eigenvalue weighted by atomic mass is 10.2. The number of cyclic esters (lactones) is 1. The molecule has 0 saturated carbocycles. The van der Waals surface area contributed by atoms with Gasteiger partial charge in [0.25, 0.3) is 0 Å². The van der Waals surface area contributed by atoms with Crippen LogP contribution in [0.3, 0.4) is 0 Å². The minimum atomic E-state index is -0.242. The molecule has 8 heteroatoms. The molecule has 0 unspecified atom stereocenters. The average Bonchev–Trinajstić information content (AvgIpc) is 3.07. The number of thioether (sulfide) groups is 1. The topological polar surface area (TPSA) is 77.1 Å². The van der Waals surface area contributed by atoms with Crippen molar-refractivity contribution in [1.82, 2.24) is 15.2 Å². The molecule has 0 radical (unpaired) electrons. The summed E-state index contributed by atoms with van der Waals surface area (Å²) in [7, 11) is 0. The molecule has 0 aliphatic carbocycles. The largest absolute Gasteiger partial charge is 0.486 e. The molecule has 1 aromatic carbocycles. The van der Waals surface area contributed by atoms with Crippen LogP contribution in [0.2, 0.25) is 5.02 Å². The average molecular weight is 354 g/mol. The minimum absolute atomic E-state index is 0.0464. The van der Waals surface area contributed by atoms with Crippen molar-refractivity contribution in [3.8, 4) is 5.75 Å². The van der Waals surface area contributed by atoms with Crippen molar-refractivity contribution in [2.24, 2.45) is 0 Å². The van der Waals surface area contributed by atoms with Gasteiger partial charge in [0.05, 0.1) is 0 Å². The second kappa shape index (κ2) is 6.80. The molecule has 6 nitrogen and oxygen atoms in total. The Labute approximate surface area is 142 Å². The summed E-state index contributed by atoms with van der Waals surface area (Å²) in [5.74, 6) is 1.10. The van der Waals surface area contributed by atoms with E-state index in [2.05, 4.69) is 15.2 Å². The summed E-state index contributed by atoms with van der Waals surface area (Å²) >= 11 is 7.29. The number of ether oxygens (including phenoxy) is 2. The predicted molar refractivity (Wildman–Crippen MR) is 86.7 cm³/mol. The molecule has 1 aliphatic rings. The maximum absolute atomic E-state index is 11.6. The van der Waals surface area contributed by atoms with Crippen LogP contribution in [0.5, 0.6) is 5.75 Å². The number of benzene rings is 1. The standard InChI is InChI=1S/C15H16ClN3O3S/c1-8-5-10(3-4-11(8)16)21-7-13-17-15(19-18-13)23-12-6-9(2)22-14(12)20/h3-5,9,12H,6-7H2,1-2H3,(H,17,18,19)/t9-,12-/m0/s1. The molecule has 1 aliphatic heterocycles. The van der Waals surface area contributed by atoms with Gasteiger partial charge in [-0.3, -0.25) is 9.89 Å². The van der Waals surface area contributed by atoms with Crippen LogP contribution in [-0.4, -0.2) is 32.5 Å². The first-order valence-corrected chi connectivity index (χ1v) is 8.44. The van der Waals surface area contributed by atoms with E-state index < -0.39 is 0 Å². The van der Waals surface area contributed by atoms with E-state index >= 15 is 0 Å². The maximum Gasteiger partial charge on any atom is 0.319 e. The molecule has 1 N–H and O–H groups in total. The molecule has 3 rings (SSSR count). The number of aryl methyl sites for hydroxylation is 1. The highest BCUT2D eigenvalue weighted by atomic mass is 35.5. The van der Waals surface area contributed by atoms with E-state index in [0.717, 1.165) is 5.56 Å². The van der Waals surface area contributed by atoms with Gasteiger partial charge in [0, 0.05) is 11.4 Å². The molecule has 0 amide bonds. The fourth-order valence-corrected chi connectivity index (χ4v) is 3.35. The Morgan fingerprint density at radius 1 is 1.52 bits per heavy atom. The molecule has 23 heavy (non-hydrogen) atoms. The van der Waals surface area contributed by atoms with E-state index in [4.69, 9.17) is 21.1 Å². The molecular weight excluding hydrogens is 338 g/mol. The number of rotatable bonds is 5. The summed E-state index contributed by atoms with van der Waals surface area (Å²) in [6.45, 7) is 4.06. The third-order valence-electron chi connectivity index (χ3n) is 3.39. The third kappa shape index (κ3) is 3.97. The quantitative estimate of drug-likeness (QED) is 0.832.